The standard InChI is InChI=1S/C12H21N3O3S2/c1-2-6-20(17,18)10-11(13)14-19-12(10)15-5-3-4-9(7-15)8-16/h9,16H,2-8H2,1H3,(H2,13,14). The topological polar surface area (TPSA) is 96.5 Å². The lowest BCUT2D eigenvalue weighted by Crippen LogP contribution is -2.37. The van der Waals surface area contributed by atoms with Gasteiger partial charge in [-0.15, -0.1) is 0 Å². The van der Waals surface area contributed by atoms with E-state index in [9.17, 15) is 13.5 Å². The Kier molecular flexibility index (Phi) is 4.87. The number of piperidine rings is 1. The molecule has 0 saturated carbocycles. The number of nitrogens with two attached hydrogens (primary N) is 1. The summed E-state index contributed by atoms with van der Waals surface area (Å²) in [7, 11) is -3.38. The average Bonchev–Trinajstić information content (AvgIpc) is 2.81. The second-order valence-electron chi connectivity index (χ2n) is 5.16. The van der Waals surface area contributed by atoms with Crippen LogP contribution in [-0.2, 0) is 9.84 Å². The van der Waals surface area contributed by atoms with E-state index >= 15 is 0 Å². The van der Waals surface area contributed by atoms with E-state index in [1.165, 1.54) is 0 Å². The van der Waals surface area contributed by atoms with E-state index in [1.54, 1.807) is 0 Å². The lowest BCUT2D eigenvalue weighted by Gasteiger charge is -2.32. The van der Waals surface area contributed by atoms with Crippen molar-refractivity contribution in [3.8, 4) is 0 Å². The summed E-state index contributed by atoms with van der Waals surface area (Å²) >= 11 is 1.14. The van der Waals surface area contributed by atoms with Gasteiger partial charge in [-0.05, 0) is 36.7 Å². The quantitative estimate of drug-likeness (QED) is 0.844. The fourth-order valence-electron chi connectivity index (χ4n) is 2.55. The maximum absolute atomic E-state index is 12.3. The van der Waals surface area contributed by atoms with Gasteiger partial charge >= 0.3 is 0 Å². The van der Waals surface area contributed by atoms with E-state index in [-0.39, 0.29) is 29.0 Å². The summed E-state index contributed by atoms with van der Waals surface area (Å²) in [6.45, 7) is 3.40. The summed E-state index contributed by atoms with van der Waals surface area (Å²) in [6.07, 6.45) is 2.46. The van der Waals surface area contributed by atoms with Crippen molar-refractivity contribution in [3.63, 3.8) is 0 Å². The Labute approximate surface area is 123 Å². The minimum absolute atomic E-state index is 0.0832. The van der Waals surface area contributed by atoms with Gasteiger partial charge in [0.15, 0.2) is 15.7 Å². The number of nitrogens with zero attached hydrogens (tertiary/aromatic N) is 2. The van der Waals surface area contributed by atoms with Gasteiger partial charge in [-0.25, -0.2) is 8.42 Å². The number of aliphatic hydroxyl groups excluding tert-OH is 1. The molecule has 8 heteroatoms. The van der Waals surface area contributed by atoms with Crippen LogP contribution in [0.4, 0.5) is 10.8 Å². The zero-order valence-corrected chi connectivity index (χ0v) is 13.2. The molecule has 2 heterocycles. The highest BCUT2D eigenvalue weighted by Gasteiger charge is 2.30. The minimum Gasteiger partial charge on any atom is -0.396 e. The molecule has 1 atom stereocenters. The number of anilines is 2. The Hall–Kier alpha value is -0.860. The van der Waals surface area contributed by atoms with Crippen LogP contribution in [0.2, 0.25) is 0 Å². The Morgan fingerprint density at radius 3 is 2.95 bits per heavy atom. The van der Waals surface area contributed by atoms with Crippen molar-refractivity contribution >= 4 is 32.2 Å². The Morgan fingerprint density at radius 1 is 1.55 bits per heavy atom. The molecule has 1 aliphatic heterocycles. The first-order chi connectivity index (χ1) is 9.49. The van der Waals surface area contributed by atoms with Crippen LogP contribution in [0.5, 0.6) is 0 Å². The molecular formula is C12H21N3O3S2. The SMILES string of the molecule is CCCS(=O)(=O)c1c(N)nsc1N1CCCC(CO)C1. The summed E-state index contributed by atoms with van der Waals surface area (Å²) in [5.41, 5.74) is 5.78. The zero-order chi connectivity index (χ0) is 14.8. The lowest BCUT2D eigenvalue weighted by molar-refractivity contribution is 0.209. The average molecular weight is 319 g/mol. The molecule has 0 spiro atoms. The first-order valence-electron chi connectivity index (χ1n) is 6.83. The van der Waals surface area contributed by atoms with Crippen LogP contribution in [0.3, 0.4) is 0 Å². The predicted octanol–water partition coefficient (Wildman–Crippen LogP) is 1.12. The smallest absolute Gasteiger partial charge is 0.185 e. The molecule has 1 fully saturated rings. The normalized spacial score (nSPS) is 20.3. The highest BCUT2D eigenvalue weighted by molar-refractivity contribution is 7.91. The van der Waals surface area contributed by atoms with Crippen molar-refractivity contribution in [2.24, 2.45) is 5.92 Å². The van der Waals surface area contributed by atoms with Crippen LogP contribution >= 0.6 is 11.5 Å². The van der Waals surface area contributed by atoms with Gasteiger partial charge in [-0.2, -0.15) is 4.37 Å². The number of hydrogen-bond donors (Lipinski definition) is 2. The van der Waals surface area contributed by atoms with Gasteiger partial charge in [-0.1, -0.05) is 6.92 Å². The van der Waals surface area contributed by atoms with Crippen molar-refractivity contribution < 1.29 is 13.5 Å². The molecule has 0 bridgehead atoms. The number of hydrogen-bond acceptors (Lipinski definition) is 7. The first kappa shape index (κ1) is 15.5. The zero-order valence-electron chi connectivity index (χ0n) is 11.6. The molecule has 1 aromatic heterocycles. The fourth-order valence-corrected chi connectivity index (χ4v) is 5.34. The van der Waals surface area contributed by atoms with Crippen molar-refractivity contribution in [1.82, 2.24) is 4.37 Å². The van der Waals surface area contributed by atoms with Gasteiger partial charge in [0.1, 0.15) is 9.90 Å². The monoisotopic (exact) mass is 319 g/mol. The summed E-state index contributed by atoms with van der Waals surface area (Å²) in [4.78, 5) is 2.18. The molecule has 1 aromatic rings. The van der Waals surface area contributed by atoms with E-state index in [2.05, 4.69) is 4.37 Å². The van der Waals surface area contributed by atoms with Gasteiger partial charge in [0, 0.05) is 19.7 Å². The van der Waals surface area contributed by atoms with E-state index in [0.717, 1.165) is 30.9 Å². The molecule has 2 rings (SSSR count). The number of nitrogen functional groups attached to an aromatic ring is 1. The van der Waals surface area contributed by atoms with E-state index in [4.69, 9.17) is 5.73 Å². The fraction of sp³-hybridized carbons (Fsp3) is 0.750. The summed E-state index contributed by atoms with van der Waals surface area (Å²) < 4.78 is 28.7. The van der Waals surface area contributed by atoms with Crippen LogP contribution in [0.15, 0.2) is 4.90 Å². The van der Waals surface area contributed by atoms with Crippen LogP contribution in [-0.4, -0.2) is 43.3 Å². The van der Waals surface area contributed by atoms with E-state index in [1.807, 2.05) is 11.8 Å². The van der Waals surface area contributed by atoms with Crippen LogP contribution in [0.25, 0.3) is 0 Å². The number of aliphatic hydroxyl groups is 1. The first-order valence-corrected chi connectivity index (χ1v) is 9.25. The Morgan fingerprint density at radius 2 is 2.30 bits per heavy atom. The van der Waals surface area contributed by atoms with E-state index in [0.29, 0.717) is 18.0 Å². The highest BCUT2D eigenvalue weighted by Crippen LogP contribution is 2.37. The largest absolute Gasteiger partial charge is 0.396 e. The number of sulfone groups is 1. The highest BCUT2D eigenvalue weighted by atomic mass is 32.2. The summed E-state index contributed by atoms with van der Waals surface area (Å²) in [5, 5.41) is 9.93. The van der Waals surface area contributed by atoms with Crippen molar-refractivity contribution in [3.05, 3.63) is 0 Å². The van der Waals surface area contributed by atoms with Gasteiger partial charge in [0.05, 0.1) is 5.75 Å². The summed E-state index contributed by atoms with van der Waals surface area (Å²) in [6, 6.07) is 0. The second kappa shape index (κ2) is 6.28. The molecule has 0 amide bonds. The lowest BCUT2D eigenvalue weighted by atomic mass is 9.99. The van der Waals surface area contributed by atoms with Crippen molar-refractivity contribution in [2.45, 2.75) is 31.1 Å². The van der Waals surface area contributed by atoms with Crippen LogP contribution in [0.1, 0.15) is 26.2 Å². The predicted molar refractivity (Wildman–Crippen MR) is 80.9 cm³/mol. The molecule has 1 aliphatic rings. The third kappa shape index (κ3) is 3.07. The number of aromatic nitrogens is 1. The van der Waals surface area contributed by atoms with Gasteiger partial charge in [-0.3, -0.25) is 0 Å². The third-order valence-corrected chi connectivity index (χ3v) is 6.53. The molecule has 1 unspecified atom stereocenters. The molecule has 1 saturated heterocycles. The Bertz CT molecular complexity index is 556. The van der Waals surface area contributed by atoms with Crippen molar-refractivity contribution in [1.29, 1.82) is 0 Å². The van der Waals surface area contributed by atoms with Crippen molar-refractivity contribution in [2.75, 3.05) is 36.1 Å². The van der Waals surface area contributed by atoms with E-state index < -0.39 is 9.84 Å². The third-order valence-electron chi connectivity index (χ3n) is 3.51. The van der Waals surface area contributed by atoms with Crippen LogP contribution in [0, 0.1) is 5.92 Å². The molecule has 114 valence electrons. The Balaban J connectivity index is 2.34. The van der Waals surface area contributed by atoms with Crippen LogP contribution < -0.4 is 10.6 Å². The minimum atomic E-state index is -3.38. The molecule has 0 aliphatic carbocycles. The van der Waals surface area contributed by atoms with Gasteiger partial charge in [0.2, 0.25) is 0 Å². The van der Waals surface area contributed by atoms with Gasteiger partial charge < -0.3 is 15.7 Å². The molecule has 6 nitrogen and oxygen atoms in total. The van der Waals surface area contributed by atoms with Gasteiger partial charge in [0.25, 0.3) is 0 Å². The summed E-state index contributed by atoms with van der Waals surface area (Å²) in [5.74, 6) is 0.373. The maximum atomic E-state index is 12.3. The second-order valence-corrected chi connectivity index (χ2v) is 7.96. The number of rotatable bonds is 5. The molecule has 0 radical (unpaired) electrons. The maximum Gasteiger partial charge on any atom is 0.185 e. The molecule has 20 heavy (non-hydrogen) atoms. The molecular weight excluding hydrogens is 298 g/mol. The molecule has 0 aromatic carbocycles. The molecule has 3 N–H and O–H groups in total.